The molecule has 0 amide bonds. The van der Waals surface area contributed by atoms with E-state index in [1.807, 2.05) is 14.0 Å². The van der Waals surface area contributed by atoms with Crippen LogP contribution in [0.2, 0.25) is 0 Å². The van der Waals surface area contributed by atoms with Gasteiger partial charge in [-0.25, -0.2) is 9.97 Å². The molecule has 5 aliphatic carbocycles. The summed E-state index contributed by atoms with van der Waals surface area (Å²) in [6, 6.07) is 0. The smallest absolute Gasteiger partial charge is 0.416 e. The average Bonchev–Trinajstić information content (AvgIpc) is 3.85. The third-order valence-electron chi connectivity index (χ3n) is 9.57. The average molecular weight is 567 g/mol. The summed E-state index contributed by atoms with van der Waals surface area (Å²) in [5, 5.41) is 14.4. The molecule has 0 saturated heterocycles. The standard InChI is InChI=1S/C32H37F3N4O2/c1-19-24(6-5-7-25(19)32(33,34)35)31(12-13-31)38-29-23-16-22(27(41-4)17-26(23)36-20(2)37-29)21-8-10-30(11-9-21)18-28(30)39(3)14-15-40/h5,7,16,18,24,40H,6,8-15H2,1-4H3,(H,36,37,38). The SMILES string of the molecule is COC1=C=c2nc(C)nc(NC3(C4CC=CC(C(F)(F)F)=C4C)CC3)c2=CC1=C1CCC2(C=C2N(C)CCO)CC1. The number of aliphatic hydroxyl groups is 1. The molecule has 0 aliphatic heterocycles. The first-order chi connectivity index (χ1) is 19.5. The Balaban J connectivity index is 1.33. The molecule has 1 spiro atoms. The number of halogens is 3. The van der Waals surface area contributed by atoms with Crippen molar-refractivity contribution < 1.29 is 23.0 Å². The minimum absolute atomic E-state index is 0.127. The van der Waals surface area contributed by atoms with E-state index in [0.29, 0.717) is 41.3 Å². The number of nitrogens with zero attached hydrogens (tertiary/aromatic N) is 3. The van der Waals surface area contributed by atoms with Gasteiger partial charge in [-0.3, -0.25) is 0 Å². The summed E-state index contributed by atoms with van der Waals surface area (Å²) in [6.07, 6.45) is 8.90. The van der Waals surface area contributed by atoms with Gasteiger partial charge in [0.2, 0.25) is 0 Å². The number of ether oxygens (including phenoxy) is 1. The third kappa shape index (κ3) is 4.93. The van der Waals surface area contributed by atoms with Gasteiger partial charge in [0.1, 0.15) is 17.0 Å². The van der Waals surface area contributed by atoms with Gasteiger partial charge in [0.25, 0.3) is 0 Å². The fourth-order valence-electron chi connectivity index (χ4n) is 7.08. The summed E-state index contributed by atoms with van der Waals surface area (Å²) in [4.78, 5) is 11.5. The van der Waals surface area contributed by atoms with Crippen LogP contribution in [0.5, 0.6) is 0 Å². The van der Waals surface area contributed by atoms with E-state index in [-0.39, 0.29) is 17.9 Å². The first kappa shape index (κ1) is 27.9. The lowest BCUT2D eigenvalue weighted by atomic mass is 9.78. The zero-order valence-electron chi connectivity index (χ0n) is 24.1. The van der Waals surface area contributed by atoms with Crippen LogP contribution in [0.3, 0.4) is 0 Å². The third-order valence-corrected chi connectivity index (χ3v) is 9.57. The van der Waals surface area contributed by atoms with Crippen LogP contribution >= 0.6 is 0 Å². The fourth-order valence-corrected chi connectivity index (χ4v) is 7.08. The summed E-state index contributed by atoms with van der Waals surface area (Å²) in [7, 11) is 3.68. The van der Waals surface area contributed by atoms with Gasteiger partial charge in [-0.2, -0.15) is 13.2 Å². The van der Waals surface area contributed by atoms with Crippen molar-refractivity contribution in [2.24, 2.45) is 11.3 Å². The predicted octanol–water partition coefficient (Wildman–Crippen LogP) is 4.57. The molecule has 2 saturated carbocycles. The second-order valence-corrected chi connectivity index (χ2v) is 12.1. The maximum atomic E-state index is 13.7. The number of likely N-dealkylation sites (N-methyl/N-ethyl adjacent to an activating group) is 1. The molecule has 1 aromatic heterocycles. The Bertz CT molecular complexity index is 1560. The van der Waals surface area contributed by atoms with Crippen LogP contribution in [0.4, 0.5) is 19.0 Å². The number of anilines is 1. The number of hydrogen-bond acceptors (Lipinski definition) is 6. The number of aromatic nitrogens is 2. The minimum atomic E-state index is -4.37. The van der Waals surface area contributed by atoms with E-state index in [1.54, 1.807) is 20.1 Å². The van der Waals surface area contributed by atoms with Gasteiger partial charge in [0.15, 0.2) is 5.76 Å². The van der Waals surface area contributed by atoms with E-state index < -0.39 is 17.3 Å². The van der Waals surface area contributed by atoms with Gasteiger partial charge in [0.05, 0.1) is 24.5 Å². The lowest BCUT2D eigenvalue weighted by Gasteiger charge is -2.33. The van der Waals surface area contributed by atoms with Crippen LogP contribution in [0.25, 0.3) is 11.8 Å². The van der Waals surface area contributed by atoms with E-state index in [2.05, 4.69) is 33.1 Å². The zero-order chi connectivity index (χ0) is 29.2. The molecule has 0 aromatic carbocycles. The fraction of sp³-hybridized carbons (Fsp3) is 0.531. The van der Waals surface area contributed by atoms with Crippen LogP contribution in [0.1, 0.15) is 57.7 Å². The molecule has 1 heterocycles. The molecular weight excluding hydrogens is 529 g/mol. The molecule has 9 heteroatoms. The Morgan fingerprint density at radius 2 is 1.90 bits per heavy atom. The maximum Gasteiger partial charge on any atom is 0.416 e. The monoisotopic (exact) mass is 566 g/mol. The minimum Gasteiger partial charge on any atom is -0.489 e. The Kier molecular flexibility index (Phi) is 6.74. The van der Waals surface area contributed by atoms with Crippen molar-refractivity contribution in [3.63, 3.8) is 0 Å². The number of aliphatic hydroxyl groups excluding tert-OH is 1. The lowest BCUT2D eigenvalue weighted by Crippen LogP contribution is -2.41. The predicted molar refractivity (Wildman–Crippen MR) is 152 cm³/mol. The summed E-state index contributed by atoms with van der Waals surface area (Å²) in [5.41, 5.74) is 6.50. The van der Waals surface area contributed by atoms with E-state index in [0.717, 1.165) is 49.3 Å². The van der Waals surface area contributed by atoms with Gasteiger partial charge >= 0.3 is 6.18 Å². The molecule has 0 bridgehead atoms. The number of methoxy groups -OCH3 is 1. The number of nitrogens with one attached hydrogen (secondary N) is 1. The number of alkyl halides is 3. The molecular formula is C32H37F3N4O2. The van der Waals surface area contributed by atoms with Crippen molar-refractivity contribution in [3.8, 4) is 0 Å². The zero-order valence-corrected chi connectivity index (χ0v) is 24.1. The number of fused-ring (bicyclic) bond motifs is 1. The van der Waals surface area contributed by atoms with Gasteiger partial charge in [-0.1, -0.05) is 29.4 Å². The number of aryl methyl sites for hydroxylation is 1. The van der Waals surface area contributed by atoms with Crippen molar-refractivity contribution in [2.75, 3.05) is 32.6 Å². The van der Waals surface area contributed by atoms with E-state index in [4.69, 9.17) is 9.72 Å². The summed E-state index contributed by atoms with van der Waals surface area (Å²) >= 11 is 0. The van der Waals surface area contributed by atoms with Crippen molar-refractivity contribution in [3.05, 3.63) is 68.4 Å². The van der Waals surface area contributed by atoms with Crippen molar-refractivity contribution in [1.82, 2.24) is 14.9 Å². The molecule has 6 nitrogen and oxygen atoms in total. The molecule has 1 aromatic rings. The summed E-state index contributed by atoms with van der Waals surface area (Å²) in [6.45, 7) is 4.21. The first-order valence-corrected chi connectivity index (χ1v) is 14.4. The topological polar surface area (TPSA) is 70.5 Å². The van der Waals surface area contributed by atoms with Gasteiger partial charge in [0, 0.05) is 41.7 Å². The van der Waals surface area contributed by atoms with Crippen LogP contribution in [0, 0.1) is 18.3 Å². The van der Waals surface area contributed by atoms with E-state index >= 15 is 0 Å². The highest BCUT2D eigenvalue weighted by Crippen LogP contribution is 2.57. The molecule has 218 valence electrons. The number of allylic oxidation sites excluding steroid dienone is 7. The molecule has 5 aliphatic rings. The largest absolute Gasteiger partial charge is 0.489 e. The van der Waals surface area contributed by atoms with Gasteiger partial charge in [-0.15, -0.1) is 0 Å². The molecule has 2 fully saturated rings. The van der Waals surface area contributed by atoms with Crippen molar-refractivity contribution >= 4 is 17.6 Å². The molecule has 0 radical (unpaired) electrons. The highest BCUT2D eigenvalue weighted by molar-refractivity contribution is 5.68. The second-order valence-electron chi connectivity index (χ2n) is 12.1. The van der Waals surface area contributed by atoms with Crippen molar-refractivity contribution in [1.29, 1.82) is 0 Å². The Morgan fingerprint density at radius 3 is 2.54 bits per heavy atom. The van der Waals surface area contributed by atoms with Crippen LogP contribution in [0.15, 0.2) is 52.0 Å². The van der Waals surface area contributed by atoms with Gasteiger partial charge < -0.3 is 20.1 Å². The van der Waals surface area contributed by atoms with Crippen LogP contribution < -0.4 is 15.9 Å². The summed E-state index contributed by atoms with van der Waals surface area (Å²) < 4.78 is 46.9. The Labute approximate surface area is 238 Å². The molecule has 6 rings (SSSR count). The van der Waals surface area contributed by atoms with Gasteiger partial charge in [-0.05, 0) is 70.6 Å². The second kappa shape index (κ2) is 9.92. The maximum absolute atomic E-state index is 13.7. The number of hydrogen-bond donors (Lipinski definition) is 2. The lowest BCUT2D eigenvalue weighted by molar-refractivity contribution is -0.0897. The Morgan fingerprint density at radius 1 is 1.17 bits per heavy atom. The molecule has 1 atom stereocenters. The normalized spacial score (nSPS) is 26.1. The quantitative estimate of drug-likeness (QED) is 0.504. The molecule has 1 unspecified atom stereocenters. The van der Waals surface area contributed by atoms with E-state index in [1.165, 1.54) is 17.3 Å². The van der Waals surface area contributed by atoms with Crippen molar-refractivity contribution in [2.45, 2.75) is 70.5 Å². The Hall–Kier alpha value is -3.29. The van der Waals surface area contributed by atoms with Crippen LogP contribution in [-0.2, 0) is 4.74 Å². The number of rotatable bonds is 7. The first-order valence-electron chi connectivity index (χ1n) is 14.4. The highest BCUT2D eigenvalue weighted by Gasteiger charge is 2.52. The molecule has 2 N–H and O–H groups in total. The summed E-state index contributed by atoms with van der Waals surface area (Å²) in [5.74, 6) is 1.61. The van der Waals surface area contributed by atoms with E-state index in [9.17, 15) is 18.3 Å². The highest BCUT2D eigenvalue weighted by atomic mass is 19.4. The molecule has 41 heavy (non-hydrogen) atoms. The van der Waals surface area contributed by atoms with Crippen LogP contribution in [-0.4, -0.2) is 59.0 Å².